The summed E-state index contributed by atoms with van der Waals surface area (Å²) in [6.07, 6.45) is 5.22. The fourth-order valence-corrected chi connectivity index (χ4v) is 5.38. The summed E-state index contributed by atoms with van der Waals surface area (Å²) in [6, 6.07) is 10.9. The summed E-state index contributed by atoms with van der Waals surface area (Å²) in [4.78, 5) is 27.7. The number of benzene rings is 2. The Labute approximate surface area is 224 Å². The van der Waals surface area contributed by atoms with Gasteiger partial charge in [-0.2, -0.15) is 0 Å². The van der Waals surface area contributed by atoms with Gasteiger partial charge in [-0.3, -0.25) is 14.5 Å². The average molecular weight is 527 g/mol. The number of hydrogen-bond donors (Lipinski definition) is 2. The number of likely N-dealkylation sites (tertiary alicyclic amines) is 1. The monoisotopic (exact) mass is 526 g/mol. The van der Waals surface area contributed by atoms with Gasteiger partial charge in [-0.05, 0) is 80.6 Å². The Morgan fingerprint density at radius 1 is 1.08 bits per heavy atom. The minimum atomic E-state index is -0.905. The maximum atomic E-state index is 13.1. The lowest BCUT2D eigenvalue weighted by molar-refractivity contribution is -0.123. The number of carbonyl (C=O) groups excluding carboxylic acids is 2. The molecule has 0 spiro atoms. The van der Waals surface area contributed by atoms with Crippen LogP contribution in [0.15, 0.2) is 42.5 Å². The fourth-order valence-electron chi connectivity index (χ4n) is 5.38. The number of nitrogens with zero attached hydrogens (tertiary/aromatic N) is 1. The minimum absolute atomic E-state index is 0.0617. The molecule has 0 aromatic heterocycles. The number of rotatable bonds is 13. The van der Waals surface area contributed by atoms with Gasteiger partial charge in [0, 0.05) is 31.0 Å². The van der Waals surface area contributed by atoms with Gasteiger partial charge >= 0.3 is 0 Å². The van der Waals surface area contributed by atoms with E-state index in [1.165, 1.54) is 24.3 Å². The van der Waals surface area contributed by atoms with Crippen LogP contribution in [0.3, 0.4) is 0 Å². The minimum Gasteiger partial charge on any atom is -0.486 e. The van der Waals surface area contributed by atoms with Gasteiger partial charge in [0.2, 0.25) is 5.91 Å². The van der Waals surface area contributed by atoms with Crippen molar-refractivity contribution < 1.29 is 28.6 Å². The second-order valence-corrected chi connectivity index (χ2v) is 10.2. The Morgan fingerprint density at radius 2 is 1.82 bits per heavy atom. The van der Waals surface area contributed by atoms with E-state index in [-0.39, 0.29) is 23.9 Å². The highest BCUT2D eigenvalue weighted by molar-refractivity contribution is 5.96. The van der Waals surface area contributed by atoms with Crippen LogP contribution in [0.4, 0.5) is 4.39 Å². The SMILES string of the molecule is CCCC1CCCN1C[C@@H](NC(=O)CCCCC(=O)c1ccc(F)cc1)[C@H](O)c1ccc2c(c1)OCCO2. The zero-order valence-electron chi connectivity index (χ0n) is 22.2. The lowest BCUT2D eigenvalue weighted by atomic mass is 9.99. The van der Waals surface area contributed by atoms with Crippen molar-refractivity contribution in [2.24, 2.45) is 0 Å². The maximum absolute atomic E-state index is 13.1. The molecule has 38 heavy (non-hydrogen) atoms. The molecule has 2 aromatic carbocycles. The second-order valence-electron chi connectivity index (χ2n) is 10.2. The molecule has 1 fully saturated rings. The number of ketones is 1. The number of nitrogens with one attached hydrogen (secondary N) is 1. The lowest BCUT2D eigenvalue weighted by Crippen LogP contribution is -2.48. The van der Waals surface area contributed by atoms with E-state index in [9.17, 15) is 19.1 Å². The third-order valence-corrected chi connectivity index (χ3v) is 7.41. The number of aliphatic hydroxyl groups excluding tert-OH is 1. The summed E-state index contributed by atoms with van der Waals surface area (Å²) < 4.78 is 24.4. The highest BCUT2D eigenvalue weighted by atomic mass is 19.1. The molecule has 1 unspecified atom stereocenters. The van der Waals surface area contributed by atoms with Crippen molar-refractivity contribution in [3.63, 3.8) is 0 Å². The molecule has 206 valence electrons. The van der Waals surface area contributed by atoms with Gasteiger partial charge < -0.3 is 19.9 Å². The van der Waals surface area contributed by atoms with Gasteiger partial charge in [0.15, 0.2) is 17.3 Å². The molecule has 2 aliphatic heterocycles. The van der Waals surface area contributed by atoms with E-state index in [1.807, 2.05) is 6.07 Å². The van der Waals surface area contributed by atoms with E-state index >= 15 is 0 Å². The topological polar surface area (TPSA) is 88.1 Å². The predicted molar refractivity (Wildman–Crippen MR) is 143 cm³/mol. The van der Waals surface area contributed by atoms with Crippen molar-refractivity contribution >= 4 is 11.7 Å². The quantitative estimate of drug-likeness (QED) is 0.287. The number of hydrogen-bond acceptors (Lipinski definition) is 6. The Hall–Kier alpha value is -2.97. The van der Waals surface area contributed by atoms with Crippen LogP contribution in [0.1, 0.15) is 80.3 Å². The Balaban J connectivity index is 1.35. The van der Waals surface area contributed by atoms with Crippen LogP contribution in [0, 0.1) is 5.82 Å². The number of unbranched alkanes of at least 4 members (excludes halogenated alkanes) is 1. The largest absolute Gasteiger partial charge is 0.486 e. The summed E-state index contributed by atoms with van der Waals surface area (Å²) >= 11 is 0. The Bertz CT molecular complexity index is 1080. The highest BCUT2D eigenvalue weighted by Crippen LogP contribution is 2.34. The van der Waals surface area contributed by atoms with Crippen LogP contribution in [0.5, 0.6) is 11.5 Å². The summed E-state index contributed by atoms with van der Waals surface area (Å²) in [6.45, 7) is 4.66. The van der Waals surface area contributed by atoms with E-state index in [0.717, 1.165) is 32.2 Å². The highest BCUT2D eigenvalue weighted by Gasteiger charge is 2.31. The molecule has 2 aliphatic rings. The molecule has 1 amide bonds. The first-order valence-corrected chi connectivity index (χ1v) is 13.8. The van der Waals surface area contributed by atoms with Crippen LogP contribution in [-0.2, 0) is 4.79 Å². The van der Waals surface area contributed by atoms with Crippen molar-refractivity contribution in [3.05, 3.63) is 59.4 Å². The number of aliphatic hydroxyl groups is 1. The van der Waals surface area contributed by atoms with E-state index < -0.39 is 12.1 Å². The average Bonchev–Trinajstić information content (AvgIpc) is 3.37. The third kappa shape index (κ3) is 7.54. The summed E-state index contributed by atoms with van der Waals surface area (Å²) in [5.74, 6) is 0.681. The zero-order valence-corrected chi connectivity index (χ0v) is 22.2. The first kappa shape index (κ1) is 28.0. The molecule has 3 atom stereocenters. The van der Waals surface area contributed by atoms with Crippen molar-refractivity contribution in [2.45, 2.75) is 76.5 Å². The number of halogens is 1. The van der Waals surface area contributed by atoms with Crippen LogP contribution in [0.25, 0.3) is 0 Å². The smallest absolute Gasteiger partial charge is 0.220 e. The van der Waals surface area contributed by atoms with Gasteiger partial charge in [0.25, 0.3) is 0 Å². The Morgan fingerprint density at radius 3 is 2.58 bits per heavy atom. The number of ether oxygens (including phenoxy) is 2. The Kier molecular flexibility index (Phi) is 10.1. The number of fused-ring (bicyclic) bond motifs is 1. The molecular formula is C30H39FN2O5. The van der Waals surface area contributed by atoms with Gasteiger partial charge in [-0.25, -0.2) is 4.39 Å². The van der Waals surface area contributed by atoms with Crippen LogP contribution in [-0.4, -0.2) is 60.1 Å². The molecule has 0 bridgehead atoms. The molecule has 0 radical (unpaired) electrons. The van der Waals surface area contributed by atoms with Gasteiger partial charge in [-0.15, -0.1) is 0 Å². The molecule has 8 heteroatoms. The molecule has 2 heterocycles. The molecule has 0 saturated carbocycles. The number of amides is 1. The van der Waals surface area contributed by atoms with E-state index in [4.69, 9.17) is 9.47 Å². The van der Waals surface area contributed by atoms with E-state index in [0.29, 0.717) is 67.7 Å². The summed E-state index contributed by atoms with van der Waals surface area (Å²) in [5, 5.41) is 14.5. The summed E-state index contributed by atoms with van der Waals surface area (Å²) in [7, 11) is 0. The van der Waals surface area contributed by atoms with Crippen molar-refractivity contribution in [3.8, 4) is 11.5 Å². The molecule has 2 N–H and O–H groups in total. The molecular weight excluding hydrogens is 487 g/mol. The van der Waals surface area contributed by atoms with Crippen molar-refractivity contribution in [1.82, 2.24) is 10.2 Å². The summed E-state index contributed by atoms with van der Waals surface area (Å²) in [5.41, 5.74) is 1.15. The van der Waals surface area contributed by atoms with E-state index in [2.05, 4.69) is 17.1 Å². The van der Waals surface area contributed by atoms with Gasteiger partial charge in [0.05, 0.1) is 6.04 Å². The van der Waals surface area contributed by atoms with Crippen LogP contribution >= 0.6 is 0 Å². The van der Waals surface area contributed by atoms with Crippen molar-refractivity contribution in [2.75, 3.05) is 26.3 Å². The third-order valence-electron chi connectivity index (χ3n) is 7.41. The normalized spacial score (nSPS) is 18.7. The van der Waals surface area contributed by atoms with Crippen LogP contribution in [0.2, 0.25) is 0 Å². The van der Waals surface area contributed by atoms with Gasteiger partial charge in [0.1, 0.15) is 25.1 Å². The molecule has 7 nitrogen and oxygen atoms in total. The van der Waals surface area contributed by atoms with E-state index in [1.54, 1.807) is 12.1 Å². The van der Waals surface area contributed by atoms with Crippen molar-refractivity contribution in [1.29, 1.82) is 0 Å². The zero-order chi connectivity index (χ0) is 26.9. The predicted octanol–water partition coefficient (Wildman–Crippen LogP) is 4.82. The molecule has 1 saturated heterocycles. The molecule has 2 aromatic rings. The van der Waals surface area contributed by atoms with Gasteiger partial charge in [-0.1, -0.05) is 19.4 Å². The molecule has 0 aliphatic carbocycles. The first-order valence-electron chi connectivity index (χ1n) is 13.8. The lowest BCUT2D eigenvalue weighted by Gasteiger charge is -2.32. The standard InChI is InChI=1S/C30H39FN2O5/c1-2-6-24-7-5-16-33(24)20-25(30(36)22-12-15-27-28(19-22)38-18-17-37-27)32-29(35)9-4-3-8-26(34)21-10-13-23(31)14-11-21/h10-15,19,24-25,30,36H,2-9,16-18,20H2,1H3,(H,32,35)/t24?,25-,30-/m1/s1. The van der Waals surface area contributed by atoms with Crippen LogP contribution < -0.4 is 14.8 Å². The number of carbonyl (C=O) groups is 2. The fraction of sp³-hybridized carbons (Fsp3) is 0.533. The first-order chi connectivity index (χ1) is 18.4. The molecule has 4 rings (SSSR count). The second kappa shape index (κ2) is 13.7. The number of Topliss-reactive ketones (excluding diaryl/α,β-unsaturated/α-hetero) is 1. The maximum Gasteiger partial charge on any atom is 0.220 e.